The Balaban J connectivity index is 2.07. The van der Waals surface area contributed by atoms with Crippen LogP contribution in [0.3, 0.4) is 0 Å². The van der Waals surface area contributed by atoms with Crippen molar-refractivity contribution in [2.24, 2.45) is 0 Å². The molecule has 0 aromatic heterocycles. The summed E-state index contributed by atoms with van der Waals surface area (Å²) in [5.74, 6) is -0.874. The Morgan fingerprint density at radius 3 is 2.15 bits per heavy atom. The maximum atomic E-state index is 12.2. The SMILES string of the molecule is C=CCNS(=O)(=O)c1ccc(NC(=O)c2ccc(C(=O)OC)cc2)cc1. The van der Waals surface area contributed by atoms with E-state index in [-0.39, 0.29) is 17.3 Å². The van der Waals surface area contributed by atoms with Crippen LogP contribution in [-0.4, -0.2) is 33.9 Å². The zero-order chi connectivity index (χ0) is 19.2. The Hall–Kier alpha value is -2.97. The summed E-state index contributed by atoms with van der Waals surface area (Å²) in [7, 11) is -2.34. The van der Waals surface area contributed by atoms with Crippen molar-refractivity contribution in [2.45, 2.75) is 4.90 Å². The fourth-order valence-corrected chi connectivity index (χ4v) is 3.05. The van der Waals surface area contributed by atoms with Crippen LogP contribution >= 0.6 is 0 Å². The average Bonchev–Trinajstić information content (AvgIpc) is 2.66. The normalized spacial score (nSPS) is 10.8. The molecule has 2 N–H and O–H groups in total. The molecule has 0 fully saturated rings. The molecule has 0 radical (unpaired) electrons. The van der Waals surface area contributed by atoms with Gasteiger partial charge in [0.15, 0.2) is 0 Å². The highest BCUT2D eigenvalue weighted by Gasteiger charge is 2.13. The summed E-state index contributed by atoms with van der Waals surface area (Å²) in [4.78, 5) is 23.7. The third-order valence-corrected chi connectivity index (χ3v) is 4.85. The molecule has 0 saturated carbocycles. The molecule has 2 aromatic rings. The average molecular weight is 374 g/mol. The smallest absolute Gasteiger partial charge is 0.337 e. The molecule has 0 aliphatic carbocycles. The maximum absolute atomic E-state index is 12.2. The largest absolute Gasteiger partial charge is 0.465 e. The van der Waals surface area contributed by atoms with E-state index in [0.717, 1.165) is 0 Å². The van der Waals surface area contributed by atoms with Crippen LogP contribution in [0.4, 0.5) is 5.69 Å². The molecule has 8 heteroatoms. The van der Waals surface area contributed by atoms with E-state index in [1.165, 1.54) is 61.7 Å². The van der Waals surface area contributed by atoms with Gasteiger partial charge in [-0.1, -0.05) is 6.08 Å². The minimum absolute atomic E-state index is 0.0831. The molecular formula is C18H18N2O5S. The first kappa shape index (κ1) is 19.4. The quantitative estimate of drug-likeness (QED) is 0.571. The monoisotopic (exact) mass is 374 g/mol. The zero-order valence-corrected chi connectivity index (χ0v) is 14.9. The van der Waals surface area contributed by atoms with Gasteiger partial charge in [-0.15, -0.1) is 6.58 Å². The van der Waals surface area contributed by atoms with Crippen molar-refractivity contribution in [3.8, 4) is 0 Å². The third-order valence-electron chi connectivity index (χ3n) is 3.41. The molecule has 26 heavy (non-hydrogen) atoms. The van der Waals surface area contributed by atoms with Crippen molar-refractivity contribution < 1.29 is 22.7 Å². The molecule has 0 aliphatic rings. The fourth-order valence-electron chi connectivity index (χ4n) is 2.05. The van der Waals surface area contributed by atoms with Gasteiger partial charge in [0.1, 0.15) is 0 Å². The topological polar surface area (TPSA) is 102 Å². The number of hydrogen-bond donors (Lipinski definition) is 2. The highest BCUT2D eigenvalue weighted by atomic mass is 32.2. The number of ether oxygens (including phenoxy) is 1. The summed E-state index contributed by atoms with van der Waals surface area (Å²) in [6, 6.07) is 11.7. The van der Waals surface area contributed by atoms with Gasteiger partial charge in [-0.05, 0) is 48.5 Å². The van der Waals surface area contributed by atoms with E-state index < -0.39 is 16.0 Å². The molecule has 7 nitrogen and oxygen atoms in total. The lowest BCUT2D eigenvalue weighted by molar-refractivity contribution is 0.0600. The van der Waals surface area contributed by atoms with Gasteiger partial charge in [0.05, 0.1) is 17.6 Å². The minimum atomic E-state index is -3.61. The van der Waals surface area contributed by atoms with E-state index in [0.29, 0.717) is 16.8 Å². The van der Waals surface area contributed by atoms with Gasteiger partial charge in [0, 0.05) is 17.8 Å². The second kappa shape index (κ2) is 8.41. The highest BCUT2D eigenvalue weighted by Crippen LogP contribution is 2.15. The summed E-state index contributed by atoms with van der Waals surface area (Å²) >= 11 is 0. The van der Waals surface area contributed by atoms with E-state index in [1.54, 1.807) is 0 Å². The Morgan fingerprint density at radius 1 is 1.04 bits per heavy atom. The number of sulfonamides is 1. The molecular weight excluding hydrogens is 356 g/mol. The van der Waals surface area contributed by atoms with Crippen LogP contribution in [0.2, 0.25) is 0 Å². The number of benzene rings is 2. The number of carbonyl (C=O) groups is 2. The molecule has 2 aromatic carbocycles. The number of carbonyl (C=O) groups excluding carboxylic acids is 2. The predicted molar refractivity (Wildman–Crippen MR) is 97.6 cm³/mol. The van der Waals surface area contributed by atoms with Gasteiger partial charge in [0.2, 0.25) is 10.0 Å². The summed E-state index contributed by atoms with van der Waals surface area (Å²) in [5, 5.41) is 2.66. The number of rotatable bonds is 7. The first-order chi connectivity index (χ1) is 12.4. The Morgan fingerprint density at radius 2 is 1.62 bits per heavy atom. The van der Waals surface area contributed by atoms with Gasteiger partial charge < -0.3 is 10.1 Å². The van der Waals surface area contributed by atoms with Gasteiger partial charge in [-0.3, -0.25) is 4.79 Å². The molecule has 0 aliphatic heterocycles. The molecule has 0 unspecified atom stereocenters. The fraction of sp³-hybridized carbons (Fsp3) is 0.111. The molecule has 0 bridgehead atoms. The molecule has 0 heterocycles. The summed E-state index contributed by atoms with van der Waals surface area (Å²) in [5.41, 5.74) is 1.13. The summed E-state index contributed by atoms with van der Waals surface area (Å²) in [6.45, 7) is 3.58. The number of hydrogen-bond acceptors (Lipinski definition) is 5. The third kappa shape index (κ3) is 4.78. The zero-order valence-electron chi connectivity index (χ0n) is 14.1. The Bertz CT molecular complexity index is 904. The number of amides is 1. The van der Waals surface area contributed by atoms with Crippen LogP contribution in [0.1, 0.15) is 20.7 Å². The van der Waals surface area contributed by atoms with Crippen LogP contribution < -0.4 is 10.0 Å². The molecule has 1 amide bonds. The van der Waals surface area contributed by atoms with Crippen molar-refractivity contribution in [2.75, 3.05) is 19.0 Å². The molecule has 0 atom stereocenters. The van der Waals surface area contributed by atoms with Crippen LogP contribution in [0.15, 0.2) is 66.1 Å². The van der Waals surface area contributed by atoms with Gasteiger partial charge in [-0.25, -0.2) is 17.9 Å². The van der Waals surface area contributed by atoms with E-state index in [4.69, 9.17) is 0 Å². The van der Waals surface area contributed by atoms with Crippen molar-refractivity contribution in [3.05, 3.63) is 72.3 Å². The lowest BCUT2D eigenvalue weighted by Gasteiger charge is -2.08. The van der Waals surface area contributed by atoms with Crippen molar-refractivity contribution in [1.29, 1.82) is 0 Å². The van der Waals surface area contributed by atoms with Crippen LogP contribution in [-0.2, 0) is 14.8 Å². The summed E-state index contributed by atoms with van der Waals surface area (Å²) < 4.78 is 30.9. The molecule has 2 rings (SSSR count). The minimum Gasteiger partial charge on any atom is -0.465 e. The van der Waals surface area contributed by atoms with E-state index >= 15 is 0 Å². The van der Waals surface area contributed by atoms with E-state index in [9.17, 15) is 18.0 Å². The standard InChI is InChI=1S/C18H18N2O5S/c1-3-12-19-26(23,24)16-10-8-15(9-11-16)20-17(21)13-4-6-14(7-5-13)18(22)25-2/h3-11,19H,1,12H2,2H3,(H,20,21). The first-order valence-corrected chi connectivity index (χ1v) is 9.06. The first-order valence-electron chi connectivity index (χ1n) is 7.57. The van der Waals surface area contributed by atoms with E-state index in [1.807, 2.05) is 0 Å². The van der Waals surface area contributed by atoms with Crippen molar-refractivity contribution >= 4 is 27.6 Å². The molecule has 136 valence electrons. The van der Waals surface area contributed by atoms with Gasteiger partial charge in [0.25, 0.3) is 5.91 Å². The molecule has 0 spiro atoms. The Labute approximate surface area is 151 Å². The number of esters is 1. The van der Waals surface area contributed by atoms with Crippen molar-refractivity contribution in [3.63, 3.8) is 0 Å². The maximum Gasteiger partial charge on any atom is 0.337 e. The number of methoxy groups -OCH3 is 1. The van der Waals surface area contributed by atoms with Crippen LogP contribution in [0, 0.1) is 0 Å². The predicted octanol–water partition coefficient (Wildman–Crippen LogP) is 2.19. The summed E-state index contributed by atoms with van der Waals surface area (Å²) in [6.07, 6.45) is 1.44. The van der Waals surface area contributed by atoms with E-state index in [2.05, 4.69) is 21.4 Å². The number of anilines is 1. The highest BCUT2D eigenvalue weighted by molar-refractivity contribution is 7.89. The van der Waals surface area contributed by atoms with Crippen LogP contribution in [0.25, 0.3) is 0 Å². The lowest BCUT2D eigenvalue weighted by atomic mass is 10.1. The second-order valence-corrected chi connectivity index (χ2v) is 6.95. The van der Waals surface area contributed by atoms with Crippen LogP contribution in [0.5, 0.6) is 0 Å². The van der Waals surface area contributed by atoms with Gasteiger partial charge in [-0.2, -0.15) is 0 Å². The van der Waals surface area contributed by atoms with Gasteiger partial charge >= 0.3 is 5.97 Å². The second-order valence-electron chi connectivity index (χ2n) is 5.19. The Kier molecular flexibility index (Phi) is 6.26. The lowest BCUT2D eigenvalue weighted by Crippen LogP contribution is -2.23. The number of nitrogens with one attached hydrogen (secondary N) is 2. The molecule has 0 saturated heterocycles. The van der Waals surface area contributed by atoms with Crippen molar-refractivity contribution in [1.82, 2.24) is 4.72 Å².